The zero-order valence-corrected chi connectivity index (χ0v) is 15.7. The van der Waals surface area contributed by atoms with E-state index in [1.165, 1.54) is 17.8 Å². The van der Waals surface area contributed by atoms with Crippen LogP contribution < -0.4 is 10.1 Å². The molecule has 3 aromatic heterocycles. The summed E-state index contributed by atoms with van der Waals surface area (Å²) in [6.07, 6.45) is 0.750. The highest BCUT2D eigenvalue weighted by molar-refractivity contribution is 5.93. The van der Waals surface area contributed by atoms with Crippen LogP contribution in [0, 0.1) is 12.8 Å². The summed E-state index contributed by atoms with van der Waals surface area (Å²) in [6.45, 7) is 1.78. The third-order valence-electron chi connectivity index (χ3n) is 4.86. The first kappa shape index (κ1) is 19.2. The number of methoxy groups -OCH3 is 1. The Morgan fingerprint density at radius 2 is 2.03 bits per heavy atom. The molecule has 0 spiro atoms. The van der Waals surface area contributed by atoms with Crippen molar-refractivity contribution in [2.45, 2.75) is 32.0 Å². The van der Waals surface area contributed by atoms with Crippen molar-refractivity contribution in [1.82, 2.24) is 24.9 Å². The number of alkyl halides is 3. The predicted molar refractivity (Wildman–Crippen MR) is 97.5 cm³/mol. The summed E-state index contributed by atoms with van der Waals surface area (Å²) in [5, 5.41) is 6.52. The van der Waals surface area contributed by atoms with Gasteiger partial charge in [0.05, 0.1) is 25.2 Å². The van der Waals surface area contributed by atoms with Crippen molar-refractivity contribution in [3.8, 4) is 17.0 Å². The number of aryl methyl sites for hydroxylation is 1. The number of pyridine rings is 1. The van der Waals surface area contributed by atoms with Crippen LogP contribution >= 0.6 is 0 Å². The Morgan fingerprint density at radius 3 is 2.69 bits per heavy atom. The Bertz CT molecular complexity index is 1080. The molecule has 0 radical (unpaired) electrons. The van der Waals surface area contributed by atoms with E-state index in [2.05, 4.69) is 20.4 Å². The number of carbonyl (C=O) groups is 1. The Hall–Kier alpha value is -3.17. The molecule has 1 unspecified atom stereocenters. The van der Waals surface area contributed by atoms with Crippen LogP contribution in [0.4, 0.5) is 13.2 Å². The Kier molecular flexibility index (Phi) is 4.64. The quantitative estimate of drug-likeness (QED) is 0.705. The molecule has 7 nitrogen and oxygen atoms in total. The third-order valence-corrected chi connectivity index (χ3v) is 4.86. The largest absolute Gasteiger partial charge is 0.495 e. The molecule has 29 heavy (non-hydrogen) atoms. The summed E-state index contributed by atoms with van der Waals surface area (Å²) in [5.41, 5.74) is 2.18. The number of halogens is 3. The molecule has 1 atom stereocenters. The zero-order chi connectivity index (χ0) is 20.8. The summed E-state index contributed by atoms with van der Waals surface area (Å²) < 4.78 is 46.3. The van der Waals surface area contributed by atoms with Gasteiger partial charge < -0.3 is 10.1 Å². The van der Waals surface area contributed by atoms with Crippen molar-refractivity contribution in [3.05, 3.63) is 42.0 Å². The number of imidazole rings is 1. The summed E-state index contributed by atoms with van der Waals surface area (Å²) in [4.78, 5) is 20.9. The van der Waals surface area contributed by atoms with Gasteiger partial charge in [-0.25, -0.2) is 9.50 Å². The summed E-state index contributed by atoms with van der Waals surface area (Å²) >= 11 is 0. The van der Waals surface area contributed by atoms with Crippen molar-refractivity contribution in [2.75, 3.05) is 7.11 Å². The SMILES string of the molecule is COc1cncc(-c2cc(C)c3ncc(C(=O)NC(C4CC4)C(F)(F)F)n3n2)c1. The lowest BCUT2D eigenvalue weighted by Crippen LogP contribution is -2.47. The first-order chi connectivity index (χ1) is 13.8. The van der Waals surface area contributed by atoms with Gasteiger partial charge in [0.2, 0.25) is 0 Å². The van der Waals surface area contributed by atoms with Crippen LogP contribution in [-0.2, 0) is 0 Å². The maximum Gasteiger partial charge on any atom is 0.408 e. The van der Waals surface area contributed by atoms with E-state index in [1.54, 1.807) is 31.5 Å². The minimum Gasteiger partial charge on any atom is -0.495 e. The van der Waals surface area contributed by atoms with E-state index in [0.29, 0.717) is 41.1 Å². The van der Waals surface area contributed by atoms with E-state index in [0.717, 1.165) is 0 Å². The fraction of sp³-hybridized carbons (Fsp3) is 0.368. The Balaban J connectivity index is 1.72. The summed E-state index contributed by atoms with van der Waals surface area (Å²) in [5.74, 6) is -0.908. The summed E-state index contributed by atoms with van der Waals surface area (Å²) in [6, 6.07) is 1.63. The monoisotopic (exact) mass is 405 g/mol. The predicted octanol–water partition coefficient (Wildman–Crippen LogP) is 3.18. The molecule has 1 amide bonds. The zero-order valence-electron chi connectivity index (χ0n) is 15.7. The van der Waals surface area contributed by atoms with Gasteiger partial charge in [0, 0.05) is 11.8 Å². The lowest BCUT2D eigenvalue weighted by Gasteiger charge is -2.21. The Morgan fingerprint density at radius 1 is 1.28 bits per heavy atom. The van der Waals surface area contributed by atoms with Gasteiger partial charge in [-0.1, -0.05) is 0 Å². The van der Waals surface area contributed by atoms with E-state index >= 15 is 0 Å². The van der Waals surface area contributed by atoms with Crippen LogP contribution in [0.25, 0.3) is 16.9 Å². The molecule has 0 aromatic carbocycles. The lowest BCUT2D eigenvalue weighted by atomic mass is 10.1. The Labute approximate surface area is 163 Å². The molecule has 4 rings (SSSR count). The molecule has 1 aliphatic carbocycles. The van der Waals surface area contributed by atoms with Crippen LogP contribution in [0.1, 0.15) is 28.9 Å². The van der Waals surface area contributed by atoms with Crippen LogP contribution in [0.3, 0.4) is 0 Å². The van der Waals surface area contributed by atoms with Gasteiger partial charge in [0.1, 0.15) is 11.8 Å². The first-order valence-electron chi connectivity index (χ1n) is 9.00. The maximum atomic E-state index is 13.3. The van der Waals surface area contributed by atoms with Gasteiger partial charge in [0.15, 0.2) is 11.3 Å². The molecule has 1 fully saturated rings. The fourth-order valence-corrected chi connectivity index (χ4v) is 3.20. The van der Waals surface area contributed by atoms with Crippen molar-refractivity contribution in [2.24, 2.45) is 5.92 Å². The number of aromatic nitrogens is 4. The van der Waals surface area contributed by atoms with E-state index in [4.69, 9.17) is 4.74 Å². The van der Waals surface area contributed by atoms with Crippen molar-refractivity contribution >= 4 is 11.6 Å². The number of rotatable bonds is 5. The molecule has 1 N–H and O–H groups in total. The van der Waals surface area contributed by atoms with Gasteiger partial charge in [-0.15, -0.1) is 0 Å². The number of fused-ring (bicyclic) bond motifs is 1. The molecule has 152 valence electrons. The van der Waals surface area contributed by atoms with Gasteiger partial charge in [-0.3, -0.25) is 9.78 Å². The molecular weight excluding hydrogens is 387 g/mol. The number of nitrogens with one attached hydrogen (secondary N) is 1. The molecule has 10 heteroatoms. The van der Waals surface area contributed by atoms with Gasteiger partial charge in [0.25, 0.3) is 5.91 Å². The van der Waals surface area contributed by atoms with Crippen LogP contribution in [0.2, 0.25) is 0 Å². The van der Waals surface area contributed by atoms with Crippen LogP contribution in [0.15, 0.2) is 30.7 Å². The van der Waals surface area contributed by atoms with E-state index in [1.807, 2.05) is 0 Å². The highest BCUT2D eigenvalue weighted by atomic mass is 19.4. The molecule has 0 saturated heterocycles. The highest BCUT2D eigenvalue weighted by Gasteiger charge is 2.49. The maximum absolute atomic E-state index is 13.3. The number of nitrogens with zero attached hydrogens (tertiary/aromatic N) is 4. The van der Waals surface area contributed by atoms with E-state index < -0.39 is 24.0 Å². The van der Waals surface area contributed by atoms with Crippen molar-refractivity contribution < 1.29 is 22.7 Å². The third kappa shape index (κ3) is 3.74. The van der Waals surface area contributed by atoms with Crippen LogP contribution in [-0.4, -0.2) is 44.8 Å². The number of amides is 1. The van der Waals surface area contributed by atoms with Gasteiger partial charge in [-0.2, -0.15) is 18.3 Å². The fourth-order valence-electron chi connectivity index (χ4n) is 3.20. The minimum absolute atomic E-state index is 0.0595. The summed E-state index contributed by atoms with van der Waals surface area (Å²) in [7, 11) is 1.51. The number of hydrogen-bond donors (Lipinski definition) is 1. The number of ether oxygens (including phenoxy) is 1. The number of hydrogen-bond acceptors (Lipinski definition) is 5. The lowest BCUT2D eigenvalue weighted by molar-refractivity contribution is -0.158. The number of carbonyl (C=O) groups excluding carboxylic acids is 1. The second kappa shape index (κ2) is 7.02. The topological polar surface area (TPSA) is 81.4 Å². The molecule has 1 saturated carbocycles. The van der Waals surface area contributed by atoms with Gasteiger partial charge in [-0.05, 0) is 43.4 Å². The molecule has 1 aliphatic rings. The second-order valence-corrected chi connectivity index (χ2v) is 7.04. The molecule has 0 bridgehead atoms. The minimum atomic E-state index is -4.50. The van der Waals surface area contributed by atoms with E-state index in [9.17, 15) is 18.0 Å². The molecular formula is C19H18F3N5O2. The normalized spacial score (nSPS) is 15.3. The average Bonchev–Trinajstić information content (AvgIpc) is 3.42. The van der Waals surface area contributed by atoms with Gasteiger partial charge >= 0.3 is 6.18 Å². The average molecular weight is 405 g/mol. The standard InChI is InChI=1S/C19H18F3N5O2/c1-10-5-14(12-6-13(29-2)8-23-7-12)26-27-15(9-24-17(10)27)18(28)25-16(11-3-4-11)19(20,21)22/h5-9,11,16H,3-4H2,1-2H3,(H,25,28). The smallest absolute Gasteiger partial charge is 0.408 e. The van der Waals surface area contributed by atoms with E-state index in [-0.39, 0.29) is 5.69 Å². The highest BCUT2D eigenvalue weighted by Crippen LogP contribution is 2.40. The molecule has 0 aliphatic heterocycles. The van der Waals surface area contributed by atoms with Crippen molar-refractivity contribution in [1.29, 1.82) is 0 Å². The van der Waals surface area contributed by atoms with Crippen LogP contribution in [0.5, 0.6) is 5.75 Å². The molecule has 3 aromatic rings. The molecule has 3 heterocycles. The first-order valence-corrected chi connectivity index (χ1v) is 9.00. The van der Waals surface area contributed by atoms with Crippen molar-refractivity contribution in [3.63, 3.8) is 0 Å². The second-order valence-electron chi connectivity index (χ2n) is 7.04.